The molecule has 4 nitrogen and oxygen atoms in total. The number of hydrogen-bond donors (Lipinski definition) is 0. The summed E-state index contributed by atoms with van der Waals surface area (Å²) in [6.45, 7) is 7.89. The lowest BCUT2D eigenvalue weighted by Gasteiger charge is -2.14. The van der Waals surface area contributed by atoms with E-state index >= 15 is 0 Å². The van der Waals surface area contributed by atoms with Gasteiger partial charge in [-0.1, -0.05) is 96.8 Å². The number of hydrogen-bond acceptors (Lipinski definition) is 4. The quantitative estimate of drug-likeness (QED) is 0.179. The molecule has 0 aliphatic carbocycles. The van der Waals surface area contributed by atoms with Gasteiger partial charge in [-0.15, -0.1) is 0 Å². The Morgan fingerprint density at radius 1 is 0.879 bits per heavy atom. The molecule has 4 heteroatoms. The van der Waals surface area contributed by atoms with Crippen molar-refractivity contribution in [2.45, 2.75) is 91.4 Å². The summed E-state index contributed by atoms with van der Waals surface area (Å²) in [5.74, 6) is 1.26. The minimum Gasteiger partial charge on any atom is -0.493 e. The molecule has 0 spiro atoms. The van der Waals surface area contributed by atoms with Gasteiger partial charge in [0.2, 0.25) is 0 Å². The van der Waals surface area contributed by atoms with Gasteiger partial charge < -0.3 is 9.47 Å². The van der Waals surface area contributed by atoms with Crippen molar-refractivity contribution in [2.24, 2.45) is 5.92 Å². The molecule has 182 valence electrons. The van der Waals surface area contributed by atoms with Crippen molar-refractivity contribution in [1.82, 2.24) is 4.98 Å². The second-order valence-corrected chi connectivity index (χ2v) is 9.03. The van der Waals surface area contributed by atoms with Gasteiger partial charge in [-0.2, -0.15) is 0 Å². The van der Waals surface area contributed by atoms with Crippen LogP contribution in [0.3, 0.4) is 0 Å². The fraction of sp³-hybridized carbons (Fsp3) is 0.586. The van der Waals surface area contributed by atoms with E-state index in [-0.39, 0.29) is 5.97 Å². The van der Waals surface area contributed by atoms with E-state index in [4.69, 9.17) is 9.47 Å². The molecule has 0 aliphatic rings. The van der Waals surface area contributed by atoms with Gasteiger partial charge in [0, 0.05) is 23.5 Å². The SMILES string of the molecule is CCCCCCCCOc1ccccc1-c1ccncc1C(=O)OCCCCCC(C)CC. The standard InChI is InChI=1S/C29H43NO3/c1-4-6-7-8-9-14-21-32-28-18-13-12-17-26(28)25-19-20-30-23-27(25)29(31)33-22-15-10-11-16-24(3)5-2/h12-13,17-20,23-24H,4-11,14-16,21-22H2,1-3H3. The van der Waals surface area contributed by atoms with Crippen molar-refractivity contribution in [3.8, 4) is 16.9 Å². The molecule has 0 N–H and O–H groups in total. The molecular weight excluding hydrogens is 410 g/mol. The summed E-state index contributed by atoms with van der Waals surface area (Å²) < 4.78 is 11.7. The highest BCUT2D eigenvalue weighted by Crippen LogP contribution is 2.32. The first kappa shape index (κ1) is 26.9. The van der Waals surface area contributed by atoms with E-state index in [1.54, 1.807) is 12.4 Å². The fourth-order valence-electron chi connectivity index (χ4n) is 3.89. The summed E-state index contributed by atoms with van der Waals surface area (Å²) in [4.78, 5) is 17.0. The first-order valence-electron chi connectivity index (χ1n) is 13.0. The average Bonchev–Trinajstić information content (AvgIpc) is 2.85. The lowest BCUT2D eigenvalue weighted by Crippen LogP contribution is -2.09. The molecule has 1 unspecified atom stereocenters. The van der Waals surface area contributed by atoms with Crippen LogP contribution in [-0.4, -0.2) is 24.2 Å². The number of rotatable bonds is 17. The van der Waals surface area contributed by atoms with Crippen molar-refractivity contribution in [3.05, 3.63) is 48.3 Å². The lowest BCUT2D eigenvalue weighted by atomic mass is 10.0. The molecule has 2 aromatic rings. The molecule has 0 amide bonds. The van der Waals surface area contributed by atoms with Crippen LogP contribution < -0.4 is 4.74 Å². The molecular formula is C29H43NO3. The second-order valence-electron chi connectivity index (χ2n) is 9.03. The van der Waals surface area contributed by atoms with Crippen LogP contribution in [0.1, 0.15) is 102 Å². The summed E-state index contributed by atoms with van der Waals surface area (Å²) in [6.07, 6.45) is 16.3. The van der Waals surface area contributed by atoms with Crippen LogP contribution in [0.2, 0.25) is 0 Å². The van der Waals surface area contributed by atoms with Crippen molar-refractivity contribution in [1.29, 1.82) is 0 Å². The van der Waals surface area contributed by atoms with Crippen LogP contribution in [-0.2, 0) is 4.74 Å². The average molecular weight is 454 g/mol. The number of pyridine rings is 1. The molecule has 2 rings (SSSR count). The number of nitrogens with zero attached hydrogens (tertiary/aromatic N) is 1. The maximum absolute atomic E-state index is 12.8. The van der Waals surface area contributed by atoms with Gasteiger partial charge in [-0.05, 0) is 30.9 Å². The van der Waals surface area contributed by atoms with Crippen molar-refractivity contribution in [2.75, 3.05) is 13.2 Å². The Bertz CT molecular complexity index is 805. The van der Waals surface area contributed by atoms with Gasteiger partial charge in [0.05, 0.1) is 18.8 Å². The van der Waals surface area contributed by atoms with Gasteiger partial charge in [0.1, 0.15) is 5.75 Å². The summed E-state index contributed by atoms with van der Waals surface area (Å²) in [5, 5.41) is 0. The summed E-state index contributed by atoms with van der Waals surface area (Å²) >= 11 is 0. The maximum atomic E-state index is 12.8. The van der Waals surface area contributed by atoms with Crippen molar-refractivity contribution >= 4 is 5.97 Å². The van der Waals surface area contributed by atoms with E-state index in [2.05, 4.69) is 25.8 Å². The number of carbonyl (C=O) groups is 1. The van der Waals surface area contributed by atoms with Gasteiger partial charge in [0.25, 0.3) is 0 Å². The third-order valence-corrected chi connectivity index (χ3v) is 6.25. The molecule has 1 heterocycles. The first-order chi connectivity index (χ1) is 16.2. The zero-order chi connectivity index (χ0) is 23.7. The topological polar surface area (TPSA) is 48.4 Å². The summed E-state index contributed by atoms with van der Waals surface area (Å²) in [5.41, 5.74) is 2.21. The van der Waals surface area contributed by atoms with E-state index in [9.17, 15) is 4.79 Å². The molecule has 33 heavy (non-hydrogen) atoms. The Labute approximate surface area is 201 Å². The zero-order valence-corrected chi connectivity index (χ0v) is 21.0. The lowest BCUT2D eigenvalue weighted by molar-refractivity contribution is 0.0498. The van der Waals surface area contributed by atoms with E-state index in [1.165, 1.54) is 51.4 Å². The molecule has 1 aromatic heterocycles. The van der Waals surface area contributed by atoms with Gasteiger partial charge >= 0.3 is 5.97 Å². The number of unbranched alkanes of at least 4 members (excludes halogenated alkanes) is 7. The Morgan fingerprint density at radius 3 is 2.42 bits per heavy atom. The highest BCUT2D eigenvalue weighted by molar-refractivity contribution is 5.97. The van der Waals surface area contributed by atoms with Gasteiger partial charge in [-0.25, -0.2) is 4.79 Å². The van der Waals surface area contributed by atoms with Gasteiger partial charge in [0.15, 0.2) is 0 Å². The number of para-hydroxylation sites is 1. The molecule has 0 bridgehead atoms. The van der Waals surface area contributed by atoms with Crippen molar-refractivity contribution in [3.63, 3.8) is 0 Å². The fourth-order valence-corrected chi connectivity index (χ4v) is 3.89. The predicted octanol–water partition coefficient (Wildman–Crippen LogP) is 8.25. The highest BCUT2D eigenvalue weighted by Gasteiger charge is 2.17. The maximum Gasteiger partial charge on any atom is 0.340 e. The van der Waals surface area contributed by atoms with Crippen LogP contribution >= 0.6 is 0 Å². The number of aromatic nitrogens is 1. The Balaban J connectivity index is 1.91. The van der Waals surface area contributed by atoms with E-state index in [1.807, 2.05) is 30.3 Å². The van der Waals surface area contributed by atoms with E-state index in [0.29, 0.717) is 18.8 Å². The Kier molecular flexibility index (Phi) is 13.3. The number of esters is 1. The molecule has 0 radical (unpaired) electrons. The van der Waals surface area contributed by atoms with E-state index in [0.717, 1.165) is 42.1 Å². The second kappa shape index (κ2) is 16.3. The first-order valence-corrected chi connectivity index (χ1v) is 13.0. The largest absolute Gasteiger partial charge is 0.493 e. The summed E-state index contributed by atoms with van der Waals surface area (Å²) in [7, 11) is 0. The molecule has 0 aliphatic heterocycles. The van der Waals surface area contributed by atoms with Crippen LogP contribution in [0.15, 0.2) is 42.7 Å². The predicted molar refractivity (Wildman–Crippen MR) is 137 cm³/mol. The molecule has 0 saturated carbocycles. The van der Waals surface area contributed by atoms with Crippen LogP contribution in [0.5, 0.6) is 5.75 Å². The minimum atomic E-state index is -0.314. The highest BCUT2D eigenvalue weighted by atomic mass is 16.5. The zero-order valence-electron chi connectivity index (χ0n) is 21.0. The smallest absolute Gasteiger partial charge is 0.340 e. The normalized spacial score (nSPS) is 11.8. The molecule has 1 atom stereocenters. The molecule has 0 fully saturated rings. The Hall–Kier alpha value is -2.36. The van der Waals surface area contributed by atoms with Gasteiger partial charge in [-0.3, -0.25) is 4.98 Å². The third kappa shape index (κ3) is 9.98. The van der Waals surface area contributed by atoms with Crippen LogP contribution in [0.4, 0.5) is 0 Å². The third-order valence-electron chi connectivity index (χ3n) is 6.25. The molecule has 1 aromatic carbocycles. The van der Waals surface area contributed by atoms with E-state index < -0.39 is 0 Å². The Morgan fingerprint density at radius 2 is 1.61 bits per heavy atom. The summed E-state index contributed by atoms with van der Waals surface area (Å²) in [6, 6.07) is 9.78. The number of ether oxygens (including phenoxy) is 2. The monoisotopic (exact) mass is 453 g/mol. The van der Waals surface area contributed by atoms with Crippen LogP contribution in [0, 0.1) is 5.92 Å². The molecule has 0 saturated heterocycles. The van der Waals surface area contributed by atoms with Crippen LogP contribution in [0.25, 0.3) is 11.1 Å². The number of benzene rings is 1. The van der Waals surface area contributed by atoms with Crippen molar-refractivity contribution < 1.29 is 14.3 Å². The number of carbonyl (C=O) groups excluding carboxylic acids is 1. The minimum absolute atomic E-state index is 0.314.